The third kappa shape index (κ3) is 4.68. The Kier molecular flexibility index (Phi) is 5.88. The molecule has 4 aromatic rings. The van der Waals surface area contributed by atoms with Crippen molar-refractivity contribution >= 4 is 23.3 Å². The number of nitrogens with zero attached hydrogens (tertiary/aromatic N) is 8. The molecule has 11 heteroatoms. The van der Waals surface area contributed by atoms with Crippen LogP contribution in [-0.2, 0) is 13.1 Å². The van der Waals surface area contributed by atoms with Crippen LogP contribution >= 0.6 is 11.6 Å². The molecule has 1 aliphatic carbocycles. The van der Waals surface area contributed by atoms with Crippen LogP contribution in [0.15, 0.2) is 49.1 Å². The average molecular weight is 504 g/mol. The lowest BCUT2D eigenvalue weighted by Gasteiger charge is -2.28. The van der Waals surface area contributed by atoms with Gasteiger partial charge in [-0.2, -0.15) is 5.10 Å². The molecule has 2 unspecified atom stereocenters. The summed E-state index contributed by atoms with van der Waals surface area (Å²) in [5.41, 5.74) is 4.09. The molecule has 0 radical (unpaired) electrons. The summed E-state index contributed by atoms with van der Waals surface area (Å²) in [5, 5.41) is 19.2. The first-order valence-corrected chi connectivity index (χ1v) is 12.5. The Balaban J connectivity index is 1.10. The third-order valence-electron chi connectivity index (χ3n) is 7.10. The normalized spacial score (nSPS) is 18.7. The van der Waals surface area contributed by atoms with E-state index in [4.69, 9.17) is 16.6 Å². The molecule has 10 nitrogen and oxygen atoms in total. The van der Waals surface area contributed by atoms with E-state index in [0.717, 1.165) is 53.3 Å². The summed E-state index contributed by atoms with van der Waals surface area (Å²) in [6, 6.07) is 9.59. The van der Waals surface area contributed by atoms with Crippen LogP contribution in [0.1, 0.15) is 40.0 Å². The van der Waals surface area contributed by atoms with Crippen LogP contribution in [0.3, 0.4) is 0 Å². The number of piperidine rings is 1. The van der Waals surface area contributed by atoms with E-state index in [-0.39, 0.29) is 12.5 Å². The number of hydrogen-bond acceptors (Lipinski definition) is 7. The van der Waals surface area contributed by atoms with Crippen molar-refractivity contribution in [2.24, 2.45) is 11.8 Å². The molecule has 0 bridgehead atoms. The van der Waals surface area contributed by atoms with E-state index < -0.39 is 0 Å². The van der Waals surface area contributed by atoms with Crippen molar-refractivity contribution in [1.82, 2.24) is 40.3 Å². The van der Waals surface area contributed by atoms with Crippen LogP contribution in [0.2, 0.25) is 5.02 Å². The lowest BCUT2D eigenvalue weighted by atomic mass is 10.1. The van der Waals surface area contributed by atoms with E-state index in [1.165, 1.54) is 23.9 Å². The molecule has 2 atom stereocenters. The molecular formula is C25H26ClN9O. The number of pyridine rings is 1. The number of rotatable bonds is 7. The van der Waals surface area contributed by atoms with Gasteiger partial charge in [0.2, 0.25) is 0 Å². The molecule has 184 valence electrons. The number of hydrogen-bond donors (Lipinski definition) is 1. The summed E-state index contributed by atoms with van der Waals surface area (Å²) in [5.74, 6) is 2.65. The maximum absolute atomic E-state index is 12.8. The molecule has 2 aliphatic rings. The van der Waals surface area contributed by atoms with Crippen molar-refractivity contribution in [3.8, 4) is 5.69 Å². The Morgan fingerprint density at radius 2 is 2.11 bits per heavy atom. The second-order valence-corrected chi connectivity index (χ2v) is 9.98. The van der Waals surface area contributed by atoms with Gasteiger partial charge in [-0.25, -0.2) is 9.67 Å². The maximum atomic E-state index is 12.8. The van der Waals surface area contributed by atoms with Gasteiger partial charge < -0.3 is 10.2 Å². The van der Waals surface area contributed by atoms with Crippen LogP contribution in [-0.4, -0.2) is 54.0 Å². The van der Waals surface area contributed by atoms with E-state index in [1.807, 2.05) is 13.0 Å². The van der Waals surface area contributed by atoms with Crippen molar-refractivity contribution in [3.05, 3.63) is 76.5 Å². The lowest BCUT2D eigenvalue weighted by Crippen LogP contribution is -2.32. The van der Waals surface area contributed by atoms with Gasteiger partial charge in [0.15, 0.2) is 0 Å². The van der Waals surface area contributed by atoms with E-state index in [2.05, 4.69) is 43.0 Å². The standard InChI is InChI=1S/C25H26ClN9O/c1-16-18(2-5-24(30-16)33-7-6-17-8-20(17)12-33)13-34-14-21(11-29-34)25(36)27-10-19-9-22(26)3-4-23(19)35-15-28-31-32-35/h2-5,9,11,14-15,17,20H,6-8,10,12-13H2,1H3,(H,27,36). The van der Waals surface area contributed by atoms with Gasteiger partial charge in [0.1, 0.15) is 12.1 Å². The summed E-state index contributed by atoms with van der Waals surface area (Å²) in [6.45, 7) is 5.07. The van der Waals surface area contributed by atoms with Crippen molar-refractivity contribution in [1.29, 1.82) is 0 Å². The topological polar surface area (TPSA) is 107 Å². The van der Waals surface area contributed by atoms with Gasteiger partial charge in [0, 0.05) is 36.5 Å². The smallest absolute Gasteiger partial charge is 0.254 e. The van der Waals surface area contributed by atoms with Gasteiger partial charge in [0.05, 0.1) is 24.0 Å². The zero-order valence-electron chi connectivity index (χ0n) is 19.9. The number of amides is 1. The van der Waals surface area contributed by atoms with Gasteiger partial charge in [-0.05, 0) is 77.4 Å². The fraction of sp³-hybridized carbons (Fsp3) is 0.360. The van der Waals surface area contributed by atoms with Crippen molar-refractivity contribution in [2.45, 2.75) is 32.9 Å². The molecule has 1 amide bonds. The highest BCUT2D eigenvalue weighted by Gasteiger charge is 2.41. The highest BCUT2D eigenvalue weighted by Crippen LogP contribution is 2.45. The number of benzene rings is 1. The summed E-state index contributed by atoms with van der Waals surface area (Å²) < 4.78 is 3.30. The molecule has 36 heavy (non-hydrogen) atoms. The van der Waals surface area contributed by atoms with E-state index in [9.17, 15) is 4.79 Å². The minimum Gasteiger partial charge on any atom is -0.356 e. The first-order valence-electron chi connectivity index (χ1n) is 12.1. The fourth-order valence-corrected chi connectivity index (χ4v) is 5.12. The SMILES string of the molecule is Cc1nc(N2CCC3CC3C2)ccc1Cn1cc(C(=O)NCc2cc(Cl)ccc2-n2cnnn2)cn1. The zero-order valence-corrected chi connectivity index (χ0v) is 20.6. The molecular weight excluding hydrogens is 478 g/mol. The summed E-state index contributed by atoms with van der Waals surface area (Å²) in [4.78, 5) is 20.1. The van der Waals surface area contributed by atoms with Gasteiger partial charge in [0.25, 0.3) is 5.91 Å². The fourth-order valence-electron chi connectivity index (χ4n) is 4.92. The second kappa shape index (κ2) is 9.34. The Bertz CT molecular complexity index is 1400. The molecule has 1 aliphatic heterocycles. The minimum absolute atomic E-state index is 0.224. The Morgan fingerprint density at radius 1 is 1.19 bits per heavy atom. The number of carbonyl (C=O) groups is 1. The molecule has 1 saturated heterocycles. The number of aromatic nitrogens is 7. The van der Waals surface area contributed by atoms with Crippen LogP contribution in [0.4, 0.5) is 5.82 Å². The Hall–Kier alpha value is -3.79. The highest BCUT2D eigenvalue weighted by molar-refractivity contribution is 6.30. The van der Waals surface area contributed by atoms with Crippen molar-refractivity contribution < 1.29 is 4.79 Å². The van der Waals surface area contributed by atoms with Crippen molar-refractivity contribution in [2.75, 3.05) is 18.0 Å². The number of nitrogens with one attached hydrogen (secondary N) is 1. The molecule has 0 spiro atoms. The van der Waals surface area contributed by atoms with Crippen LogP contribution in [0.5, 0.6) is 0 Å². The largest absolute Gasteiger partial charge is 0.356 e. The van der Waals surface area contributed by atoms with Crippen LogP contribution in [0.25, 0.3) is 5.69 Å². The van der Waals surface area contributed by atoms with E-state index in [0.29, 0.717) is 17.1 Å². The van der Waals surface area contributed by atoms with Crippen LogP contribution < -0.4 is 10.2 Å². The number of anilines is 1. The second-order valence-electron chi connectivity index (χ2n) is 9.54. The number of fused-ring (bicyclic) bond motifs is 1. The number of halogens is 1. The molecule has 1 saturated carbocycles. The van der Waals surface area contributed by atoms with Crippen molar-refractivity contribution in [3.63, 3.8) is 0 Å². The summed E-state index contributed by atoms with van der Waals surface area (Å²) in [6.07, 6.45) is 7.48. The molecule has 4 heterocycles. The first kappa shape index (κ1) is 22.7. The summed E-state index contributed by atoms with van der Waals surface area (Å²) in [7, 11) is 0. The van der Waals surface area contributed by atoms with Gasteiger partial charge >= 0.3 is 0 Å². The first-order chi connectivity index (χ1) is 17.5. The third-order valence-corrected chi connectivity index (χ3v) is 7.34. The summed E-state index contributed by atoms with van der Waals surface area (Å²) >= 11 is 6.17. The average Bonchev–Trinajstić information content (AvgIpc) is 3.22. The molecule has 1 N–H and O–H groups in total. The van der Waals surface area contributed by atoms with E-state index in [1.54, 1.807) is 29.2 Å². The van der Waals surface area contributed by atoms with Gasteiger partial charge in [-0.3, -0.25) is 9.48 Å². The highest BCUT2D eigenvalue weighted by atomic mass is 35.5. The van der Waals surface area contributed by atoms with Gasteiger partial charge in [-0.15, -0.1) is 5.10 Å². The predicted octanol–water partition coefficient (Wildman–Crippen LogP) is 3.04. The minimum atomic E-state index is -0.224. The molecule has 3 aromatic heterocycles. The number of tetrazole rings is 1. The zero-order chi connectivity index (χ0) is 24.6. The maximum Gasteiger partial charge on any atom is 0.254 e. The molecule has 6 rings (SSSR count). The van der Waals surface area contributed by atoms with Gasteiger partial charge in [-0.1, -0.05) is 17.7 Å². The quantitative estimate of drug-likeness (QED) is 0.413. The number of aryl methyl sites for hydroxylation is 1. The Labute approximate surface area is 213 Å². The predicted molar refractivity (Wildman–Crippen MR) is 134 cm³/mol. The van der Waals surface area contributed by atoms with Crippen LogP contribution in [0, 0.1) is 18.8 Å². The monoisotopic (exact) mass is 503 g/mol. The van der Waals surface area contributed by atoms with E-state index >= 15 is 0 Å². The lowest BCUT2D eigenvalue weighted by molar-refractivity contribution is 0.0951. The number of carbonyl (C=O) groups excluding carboxylic acids is 1. The molecule has 2 fully saturated rings. The Morgan fingerprint density at radius 3 is 2.92 bits per heavy atom. The molecule has 1 aromatic carbocycles.